The quantitative estimate of drug-likeness (QED) is 0.178. The minimum absolute atomic E-state index is 0.0691. The molecule has 0 aliphatic carbocycles. The molecule has 0 spiro atoms. The molecule has 0 radical (unpaired) electrons. The predicted molar refractivity (Wildman–Crippen MR) is 164 cm³/mol. The highest BCUT2D eigenvalue weighted by Gasteiger charge is 2.51. The van der Waals surface area contributed by atoms with Gasteiger partial charge in [-0.3, -0.25) is 0 Å². The van der Waals surface area contributed by atoms with Gasteiger partial charge in [0.05, 0.1) is 49.6 Å². The van der Waals surface area contributed by atoms with Crippen LogP contribution in [0.4, 0.5) is 0 Å². The Morgan fingerprint density at radius 2 is 1.60 bits per heavy atom. The molecule has 2 fully saturated rings. The summed E-state index contributed by atoms with van der Waals surface area (Å²) in [5.41, 5.74) is 0. The van der Waals surface area contributed by atoms with Crippen molar-refractivity contribution in [3.05, 3.63) is 30.4 Å². The van der Waals surface area contributed by atoms with Crippen LogP contribution >= 0.6 is 0 Å². The Morgan fingerprint density at radius 1 is 0.925 bits per heavy atom. The van der Waals surface area contributed by atoms with Crippen LogP contribution in [0.1, 0.15) is 26.0 Å². The largest absolute Gasteiger partial charge is 0.459 e. The fourth-order valence-corrected chi connectivity index (χ4v) is 9.15. The smallest absolute Gasteiger partial charge is 0.262 e. The number of oxazole rings is 1. The molecular weight excluding hydrogens is 559 g/mol. The molecule has 2 aliphatic rings. The molecule has 226 valence electrons. The van der Waals surface area contributed by atoms with Gasteiger partial charge in [-0.05, 0) is 84.4 Å². The Morgan fingerprint density at radius 3 is 2.20 bits per heavy atom. The van der Waals surface area contributed by atoms with Gasteiger partial charge >= 0.3 is 0 Å². The van der Waals surface area contributed by atoms with Crippen LogP contribution in [0.3, 0.4) is 0 Å². The summed E-state index contributed by atoms with van der Waals surface area (Å²) >= 11 is 0. The summed E-state index contributed by atoms with van der Waals surface area (Å²) in [6.45, 7) is 25.2. The van der Waals surface area contributed by atoms with Gasteiger partial charge in [0.25, 0.3) is 5.89 Å². The van der Waals surface area contributed by atoms with Gasteiger partial charge in [-0.1, -0.05) is 6.92 Å². The second-order valence-electron chi connectivity index (χ2n) is 14.5. The van der Waals surface area contributed by atoms with Crippen LogP contribution in [0, 0.1) is 11.8 Å². The lowest BCUT2D eigenvalue weighted by Crippen LogP contribution is -2.58. The van der Waals surface area contributed by atoms with Crippen molar-refractivity contribution in [2.45, 2.75) is 122 Å². The molecule has 0 saturated carbocycles. The maximum atomic E-state index is 6.94. The van der Waals surface area contributed by atoms with Crippen LogP contribution in [0.15, 0.2) is 33.4 Å². The molecule has 11 heteroatoms. The molecule has 0 unspecified atom stereocenters. The van der Waals surface area contributed by atoms with Crippen molar-refractivity contribution >= 4 is 25.0 Å². The van der Waals surface area contributed by atoms with E-state index in [1.54, 1.807) is 12.5 Å². The number of ether oxygens (including phenoxy) is 2. The Hall–Kier alpha value is -1.06. The zero-order valence-electron chi connectivity index (χ0n) is 26.4. The third kappa shape index (κ3) is 8.97. The van der Waals surface area contributed by atoms with Crippen LogP contribution in [0.5, 0.6) is 0 Å². The van der Waals surface area contributed by atoms with Gasteiger partial charge in [0.15, 0.2) is 30.7 Å². The SMILES string of the molecule is C[C@@H]([C@@H]1O[C@H]1C[C@H]1CO[C@@H](Cc2cnc(-c3ccco3)o2)[C@@H](O[Si](C)(C)C)[C@@H]1O[Si](C)(C)C)[C@H](C)O[Si](C)(C)C. The van der Waals surface area contributed by atoms with Crippen molar-refractivity contribution in [2.75, 3.05) is 6.61 Å². The van der Waals surface area contributed by atoms with Gasteiger partial charge in [-0.2, -0.15) is 0 Å². The van der Waals surface area contributed by atoms with E-state index in [9.17, 15) is 0 Å². The number of hydrogen-bond acceptors (Lipinski definition) is 8. The van der Waals surface area contributed by atoms with Crippen molar-refractivity contribution in [3.8, 4) is 11.7 Å². The van der Waals surface area contributed by atoms with E-state index in [2.05, 4.69) is 77.8 Å². The molecule has 40 heavy (non-hydrogen) atoms. The van der Waals surface area contributed by atoms with Crippen molar-refractivity contribution in [3.63, 3.8) is 0 Å². The van der Waals surface area contributed by atoms with E-state index < -0.39 is 25.0 Å². The van der Waals surface area contributed by atoms with E-state index in [0.29, 0.717) is 30.6 Å². The van der Waals surface area contributed by atoms with Gasteiger partial charge < -0.3 is 31.6 Å². The van der Waals surface area contributed by atoms with E-state index in [1.165, 1.54) is 0 Å². The molecule has 0 aromatic carbocycles. The van der Waals surface area contributed by atoms with Crippen molar-refractivity contribution in [2.24, 2.45) is 11.8 Å². The minimum Gasteiger partial charge on any atom is -0.459 e. The molecule has 0 bridgehead atoms. The summed E-state index contributed by atoms with van der Waals surface area (Å²) < 4.78 is 44.6. The normalized spacial score (nSPS) is 29.4. The first-order valence-electron chi connectivity index (χ1n) is 14.8. The van der Waals surface area contributed by atoms with Gasteiger partial charge in [0.1, 0.15) is 5.76 Å². The molecule has 4 heterocycles. The number of aromatic nitrogens is 1. The summed E-state index contributed by atoms with van der Waals surface area (Å²) in [6.07, 6.45) is 4.97. The van der Waals surface area contributed by atoms with E-state index in [-0.39, 0.29) is 42.5 Å². The van der Waals surface area contributed by atoms with E-state index >= 15 is 0 Å². The summed E-state index contributed by atoms with van der Waals surface area (Å²) in [7, 11) is -5.44. The highest BCUT2D eigenvalue weighted by molar-refractivity contribution is 6.70. The maximum Gasteiger partial charge on any atom is 0.262 e. The molecule has 8 atom stereocenters. The molecule has 4 rings (SSSR count). The number of furan rings is 1. The fraction of sp³-hybridized carbons (Fsp3) is 0.759. The monoisotopic (exact) mass is 609 g/mol. The highest BCUT2D eigenvalue weighted by atomic mass is 28.4. The summed E-state index contributed by atoms with van der Waals surface area (Å²) in [5.74, 6) is 2.37. The van der Waals surface area contributed by atoms with E-state index in [4.69, 9.17) is 31.6 Å². The first-order valence-corrected chi connectivity index (χ1v) is 25.0. The Bertz CT molecular complexity index is 1070. The molecular formula is C29H51NO7Si3. The van der Waals surface area contributed by atoms with Crippen LogP contribution in [0.25, 0.3) is 11.7 Å². The van der Waals surface area contributed by atoms with Crippen molar-refractivity contribution in [1.82, 2.24) is 4.98 Å². The van der Waals surface area contributed by atoms with Crippen molar-refractivity contribution in [1.29, 1.82) is 0 Å². The van der Waals surface area contributed by atoms with E-state index in [1.807, 2.05) is 12.1 Å². The Kier molecular flexibility index (Phi) is 9.78. The van der Waals surface area contributed by atoms with Crippen molar-refractivity contribution < 1.29 is 31.6 Å². The minimum atomic E-state index is -1.93. The first-order chi connectivity index (χ1) is 18.5. The lowest BCUT2D eigenvalue weighted by atomic mass is 9.86. The molecule has 2 saturated heterocycles. The van der Waals surface area contributed by atoms with Gasteiger partial charge in [0.2, 0.25) is 0 Å². The van der Waals surface area contributed by atoms with Crippen LogP contribution in [0.2, 0.25) is 58.9 Å². The topological polar surface area (TPSA) is 88.6 Å². The van der Waals surface area contributed by atoms with E-state index in [0.717, 1.165) is 12.2 Å². The molecule has 0 amide bonds. The average Bonchev–Trinajstić information content (AvgIpc) is 3.17. The first kappa shape index (κ1) is 31.9. The molecule has 2 aliphatic heterocycles. The molecule has 2 aromatic heterocycles. The lowest BCUT2D eigenvalue weighted by molar-refractivity contribution is -0.153. The number of nitrogens with zero attached hydrogens (tertiary/aromatic N) is 1. The Labute approximate surface area is 243 Å². The molecule has 0 N–H and O–H groups in total. The Balaban J connectivity index is 1.50. The van der Waals surface area contributed by atoms with Gasteiger partial charge in [-0.25, -0.2) is 4.98 Å². The second kappa shape index (κ2) is 12.3. The van der Waals surface area contributed by atoms with Crippen LogP contribution in [-0.2, 0) is 29.2 Å². The van der Waals surface area contributed by atoms with Crippen LogP contribution in [-0.4, -0.2) is 73.2 Å². The standard InChI is InChI=1S/C29H51NO7Si3/c1-19(20(2)35-38(3,4)5)26-25(34-26)15-21-18-32-24(16-22-17-30-29(33-22)23-13-12-14-31-23)28(37-40(9,10)11)27(21)36-39(6,7)8/h12-14,17,19-21,24-28H,15-16,18H2,1-11H3/t19-,20+,21+,24+,25+,26+,27-,28-/m1/s1. The van der Waals surface area contributed by atoms with Gasteiger partial charge in [-0.15, -0.1) is 0 Å². The number of hydrogen-bond donors (Lipinski definition) is 0. The average molecular weight is 610 g/mol. The summed E-state index contributed by atoms with van der Waals surface area (Å²) in [4.78, 5) is 4.43. The van der Waals surface area contributed by atoms with Crippen LogP contribution < -0.4 is 0 Å². The zero-order valence-corrected chi connectivity index (χ0v) is 29.4. The fourth-order valence-electron chi connectivity index (χ4n) is 5.57. The predicted octanol–water partition coefficient (Wildman–Crippen LogP) is 6.97. The molecule has 8 nitrogen and oxygen atoms in total. The lowest BCUT2D eigenvalue weighted by Gasteiger charge is -2.47. The highest BCUT2D eigenvalue weighted by Crippen LogP contribution is 2.41. The number of epoxide rings is 1. The molecule has 2 aromatic rings. The third-order valence-corrected chi connectivity index (χ3v) is 10.3. The maximum absolute atomic E-state index is 6.94. The second-order valence-corrected chi connectivity index (χ2v) is 27.9. The summed E-state index contributed by atoms with van der Waals surface area (Å²) in [5, 5.41) is 0. The summed E-state index contributed by atoms with van der Waals surface area (Å²) in [6, 6.07) is 3.67. The van der Waals surface area contributed by atoms with Gasteiger partial charge in [0, 0.05) is 24.4 Å². The number of rotatable bonds is 13. The third-order valence-electron chi connectivity index (χ3n) is 7.30. The zero-order chi connectivity index (χ0) is 29.5.